The van der Waals surface area contributed by atoms with E-state index in [1.165, 1.54) is 0 Å². The fraction of sp³-hybridized carbons (Fsp3) is 0.308. The van der Waals surface area contributed by atoms with Crippen molar-refractivity contribution in [1.29, 1.82) is 0 Å². The van der Waals surface area contributed by atoms with Crippen LogP contribution in [0.15, 0.2) is 30.9 Å². The molecule has 0 aromatic heterocycles. The van der Waals surface area contributed by atoms with Crippen molar-refractivity contribution in [3.05, 3.63) is 35.9 Å². The van der Waals surface area contributed by atoms with Crippen LogP contribution in [0.1, 0.15) is 0 Å². The largest absolute Gasteiger partial charge is 0.375 e. The third-order valence-electron chi connectivity index (χ3n) is 2.28. The normalized spacial score (nSPS) is 9.94. The first-order valence-electron chi connectivity index (χ1n) is 5.63. The minimum Gasteiger partial charge on any atom is -0.375 e. The minimum absolute atomic E-state index is 0.109. The summed E-state index contributed by atoms with van der Waals surface area (Å²) < 4.78 is 0. The summed E-state index contributed by atoms with van der Waals surface area (Å²) in [6, 6.07) is 5.43. The first-order valence-corrected chi connectivity index (χ1v) is 6.01. The number of nitrogens with zero attached hydrogens (tertiary/aromatic N) is 1. The van der Waals surface area contributed by atoms with Gasteiger partial charge in [0.05, 0.1) is 22.9 Å². The molecule has 0 aliphatic rings. The smallest absolute Gasteiger partial charge is 0.238 e. The van der Waals surface area contributed by atoms with Gasteiger partial charge in [0.2, 0.25) is 5.91 Å². The molecule has 1 rings (SSSR count). The van der Waals surface area contributed by atoms with Crippen LogP contribution in [0, 0.1) is 0 Å². The van der Waals surface area contributed by atoms with Crippen LogP contribution < -0.4 is 15.5 Å². The van der Waals surface area contributed by atoms with Crippen LogP contribution in [0.5, 0.6) is 0 Å². The first-order chi connectivity index (χ1) is 8.56. The van der Waals surface area contributed by atoms with E-state index in [0.717, 1.165) is 5.69 Å². The van der Waals surface area contributed by atoms with Gasteiger partial charge in [0.15, 0.2) is 0 Å². The number of benzene rings is 1. The Morgan fingerprint density at radius 3 is 2.83 bits per heavy atom. The number of hydrogen-bond acceptors (Lipinski definition) is 3. The molecular formula is C13H18ClN3O. The fourth-order valence-electron chi connectivity index (χ4n) is 1.55. The van der Waals surface area contributed by atoms with Gasteiger partial charge in [-0.05, 0) is 12.1 Å². The van der Waals surface area contributed by atoms with Gasteiger partial charge in [-0.2, -0.15) is 0 Å². The number of carbonyl (C=O) groups is 1. The van der Waals surface area contributed by atoms with Crippen molar-refractivity contribution in [2.75, 3.05) is 37.4 Å². The summed E-state index contributed by atoms with van der Waals surface area (Å²) in [4.78, 5) is 13.6. The predicted octanol–water partition coefficient (Wildman–Crippen LogP) is 2.12. The standard InChI is InChI=1S/C13H18ClN3O/c1-4-8-15-9-12(18)16-11-7-5-6-10(14)13(11)17(2)3/h4-7,15H,1,8-9H2,2-3H3,(H,16,18). The van der Waals surface area contributed by atoms with Crippen molar-refractivity contribution in [3.8, 4) is 0 Å². The molecule has 0 aliphatic heterocycles. The highest BCUT2D eigenvalue weighted by atomic mass is 35.5. The SMILES string of the molecule is C=CCNCC(=O)Nc1cccc(Cl)c1N(C)C. The summed E-state index contributed by atoms with van der Waals surface area (Å²) in [6.07, 6.45) is 1.71. The zero-order valence-electron chi connectivity index (χ0n) is 10.7. The van der Waals surface area contributed by atoms with Crippen LogP contribution in [0.4, 0.5) is 11.4 Å². The second-order valence-corrected chi connectivity index (χ2v) is 4.41. The highest BCUT2D eigenvalue weighted by molar-refractivity contribution is 6.34. The number of para-hydroxylation sites is 1. The molecule has 0 atom stereocenters. The lowest BCUT2D eigenvalue weighted by atomic mass is 10.2. The monoisotopic (exact) mass is 267 g/mol. The summed E-state index contributed by atoms with van der Waals surface area (Å²) in [6.45, 7) is 4.41. The molecule has 0 spiro atoms. The zero-order valence-corrected chi connectivity index (χ0v) is 11.4. The molecule has 0 aliphatic carbocycles. The Morgan fingerprint density at radius 1 is 1.50 bits per heavy atom. The quantitative estimate of drug-likeness (QED) is 0.613. The lowest BCUT2D eigenvalue weighted by molar-refractivity contribution is -0.115. The van der Waals surface area contributed by atoms with Gasteiger partial charge < -0.3 is 15.5 Å². The van der Waals surface area contributed by atoms with E-state index in [4.69, 9.17) is 11.6 Å². The maximum Gasteiger partial charge on any atom is 0.238 e. The van der Waals surface area contributed by atoms with Gasteiger partial charge in [-0.1, -0.05) is 23.7 Å². The molecule has 5 heteroatoms. The summed E-state index contributed by atoms with van der Waals surface area (Å²) in [5, 5.41) is 6.38. The number of rotatable bonds is 6. The molecule has 2 N–H and O–H groups in total. The Kier molecular flexibility index (Phi) is 5.68. The van der Waals surface area contributed by atoms with E-state index in [1.54, 1.807) is 12.1 Å². The Labute approximate surface area is 113 Å². The van der Waals surface area contributed by atoms with Crippen molar-refractivity contribution in [3.63, 3.8) is 0 Å². The predicted molar refractivity (Wildman–Crippen MR) is 77.5 cm³/mol. The number of carbonyl (C=O) groups excluding carboxylic acids is 1. The van der Waals surface area contributed by atoms with Gasteiger partial charge >= 0.3 is 0 Å². The Hall–Kier alpha value is -1.52. The van der Waals surface area contributed by atoms with Gasteiger partial charge in [0.25, 0.3) is 0 Å². The molecule has 98 valence electrons. The van der Waals surface area contributed by atoms with E-state index in [2.05, 4.69) is 17.2 Å². The molecule has 0 radical (unpaired) electrons. The van der Waals surface area contributed by atoms with Crippen LogP contribution in [-0.2, 0) is 4.79 Å². The average Bonchev–Trinajstić information content (AvgIpc) is 2.28. The topological polar surface area (TPSA) is 44.4 Å². The molecule has 1 aromatic rings. The zero-order chi connectivity index (χ0) is 13.5. The van der Waals surface area contributed by atoms with Gasteiger partial charge in [-0.3, -0.25) is 4.79 Å². The number of hydrogen-bond donors (Lipinski definition) is 2. The molecule has 4 nitrogen and oxygen atoms in total. The lowest BCUT2D eigenvalue weighted by Crippen LogP contribution is -2.28. The lowest BCUT2D eigenvalue weighted by Gasteiger charge is -2.19. The molecule has 0 bridgehead atoms. The van der Waals surface area contributed by atoms with Crippen LogP contribution in [0.25, 0.3) is 0 Å². The minimum atomic E-state index is -0.109. The third kappa shape index (κ3) is 4.05. The summed E-state index contributed by atoms with van der Waals surface area (Å²) >= 11 is 6.11. The number of nitrogens with one attached hydrogen (secondary N) is 2. The molecule has 0 unspecified atom stereocenters. The number of amides is 1. The molecule has 18 heavy (non-hydrogen) atoms. The highest BCUT2D eigenvalue weighted by Gasteiger charge is 2.11. The second-order valence-electron chi connectivity index (χ2n) is 4.00. The molecule has 0 saturated carbocycles. The van der Waals surface area contributed by atoms with Gasteiger partial charge in [0, 0.05) is 20.6 Å². The maximum atomic E-state index is 11.7. The number of anilines is 2. The van der Waals surface area contributed by atoms with Crippen molar-refractivity contribution in [2.45, 2.75) is 0 Å². The van der Waals surface area contributed by atoms with Gasteiger partial charge in [-0.25, -0.2) is 0 Å². The molecule has 0 fully saturated rings. The first kappa shape index (κ1) is 14.5. The van der Waals surface area contributed by atoms with Crippen molar-refractivity contribution in [1.82, 2.24) is 5.32 Å². The van der Waals surface area contributed by atoms with E-state index in [1.807, 2.05) is 31.1 Å². The average molecular weight is 268 g/mol. The van der Waals surface area contributed by atoms with E-state index in [9.17, 15) is 4.79 Å². The van der Waals surface area contributed by atoms with E-state index < -0.39 is 0 Å². The Morgan fingerprint density at radius 2 is 2.22 bits per heavy atom. The highest BCUT2D eigenvalue weighted by Crippen LogP contribution is 2.32. The summed E-state index contributed by atoms with van der Waals surface area (Å²) in [5.74, 6) is -0.109. The van der Waals surface area contributed by atoms with Crippen molar-refractivity contribution < 1.29 is 4.79 Å². The molecule has 1 amide bonds. The fourth-order valence-corrected chi connectivity index (χ4v) is 1.90. The molecule has 0 saturated heterocycles. The number of halogens is 1. The van der Waals surface area contributed by atoms with Gasteiger partial charge in [-0.15, -0.1) is 6.58 Å². The van der Waals surface area contributed by atoms with E-state index >= 15 is 0 Å². The van der Waals surface area contributed by atoms with Crippen LogP contribution >= 0.6 is 11.6 Å². The summed E-state index contributed by atoms with van der Waals surface area (Å²) in [7, 11) is 3.76. The molecular weight excluding hydrogens is 250 g/mol. The van der Waals surface area contributed by atoms with Crippen molar-refractivity contribution in [2.24, 2.45) is 0 Å². The van der Waals surface area contributed by atoms with E-state index in [-0.39, 0.29) is 12.5 Å². The maximum absolute atomic E-state index is 11.7. The second kappa shape index (κ2) is 7.03. The van der Waals surface area contributed by atoms with Gasteiger partial charge in [0.1, 0.15) is 0 Å². The van der Waals surface area contributed by atoms with Crippen LogP contribution in [0.3, 0.4) is 0 Å². The van der Waals surface area contributed by atoms with Crippen molar-refractivity contribution >= 4 is 28.9 Å². The van der Waals surface area contributed by atoms with Crippen LogP contribution in [-0.4, -0.2) is 33.1 Å². The third-order valence-corrected chi connectivity index (χ3v) is 2.59. The molecule has 1 aromatic carbocycles. The summed E-state index contributed by atoms with van der Waals surface area (Å²) in [5.41, 5.74) is 1.51. The van der Waals surface area contributed by atoms with E-state index in [0.29, 0.717) is 17.3 Å². The van der Waals surface area contributed by atoms with Crippen LogP contribution in [0.2, 0.25) is 5.02 Å². The Bertz CT molecular complexity index is 432. The Balaban J connectivity index is 2.75. The molecule has 0 heterocycles.